The van der Waals surface area contributed by atoms with Crippen molar-refractivity contribution in [3.8, 4) is 11.5 Å². The van der Waals surface area contributed by atoms with Crippen molar-refractivity contribution in [3.05, 3.63) is 64.8 Å². The van der Waals surface area contributed by atoms with Crippen LogP contribution in [0, 0.1) is 0 Å². The van der Waals surface area contributed by atoms with Crippen molar-refractivity contribution < 1.29 is 37.0 Å². The van der Waals surface area contributed by atoms with Crippen LogP contribution in [0.25, 0.3) is 22.6 Å². The number of rotatable bonds is 5. The zero-order valence-corrected chi connectivity index (χ0v) is 18.3. The van der Waals surface area contributed by atoms with Gasteiger partial charge in [-0.05, 0) is 53.8 Å². The number of para-hydroxylation sites is 1. The number of allylic oxidation sites excluding steroid dienone is 1. The minimum Gasteiger partial charge on any atom is -0.454 e. The number of nitrogens with one attached hydrogen (secondary N) is 1. The van der Waals surface area contributed by atoms with E-state index in [1.54, 1.807) is 29.6 Å². The summed E-state index contributed by atoms with van der Waals surface area (Å²) in [5.74, 6) is -0.495. The molecule has 1 aliphatic carbocycles. The van der Waals surface area contributed by atoms with E-state index in [0.717, 1.165) is 11.1 Å². The molecule has 1 aliphatic heterocycles. The molecule has 0 fully saturated rings. The summed E-state index contributed by atoms with van der Waals surface area (Å²) in [7, 11) is 0. The monoisotopic (exact) mass is 484 g/mol. The molecule has 2 heterocycles. The van der Waals surface area contributed by atoms with Crippen LogP contribution >= 0.6 is 0 Å². The molecular weight excluding hydrogens is 465 g/mol. The number of nitrogens with zero attached hydrogens (tertiary/aromatic N) is 1. The fraction of sp³-hybridized carbons (Fsp3) is 0.240. The topological polar surface area (TPSA) is 86.8 Å². The van der Waals surface area contributed by atoms with Crippen molar-refractivity contribution in [1.29, 1.82) is 0 Å². The van der Waals surface area contributed by atoms with Gasteiger partial charge in [-0.15, -0.1) is 0 Å². The van der Waals surface area contributed by atoms with Crippen LogP contribution in [-0.4, -0.2) is 43.0 Å². The lowest BCUT2D eigenvalue weighted by Crippen LogP contribution is -2.36. The van der Waals surface area contributed by atoms with Gasteiger partial charge >= 0.3 is 12.1 Å². The van der Waals surface area contributed by atoms with Gasteiger partial charge in [0.2, 0.25) is 6.79 Å². The SMILES string of the molecule is O=C(COC(=O)c1c2c(nc3ccccc13)C(=Cc1ccc3c(c1)OCO3)CC2)NCC(F)(F)F. The molecule has 7 nitrogen and oxygen atoms in total. The molecule has 35 heavy (non-hydrogen) atoms. The van der Waals surface area contributed by atoms with Crippen molar-refractivity contribution in [2.45, 2.75) is 19.0 Å². The van der Waals surface area contributed by atoms with E-state index < -0.39 is 31.2 Å². The molecule has 2 aliphatic rings. The summed E-state index contributed by atoms with van der Waals surface area (Å²) < 4.78 is 52.8. The van der Waals surface area contributed by atoms with Gasteiger partial charge in [0.15, 0.2) is 18.1 Å². The van der Waals surface area contributed by atoms with Gasteiger partial charge in [0.25, 0.3) is 5.91 Å². The Hall–Kier alpha value is -4.08. The molecule has 180 valence electrons. The quantitative estimate of drug-likeness (QED) is 0.544. The van der Waals surface area contributed by atoms with Crippen LogP contribution in [0.3, 0.4) is 0 Å². The van der Waals surface area contributed by atoms with E-state index in [-0.39, 0.29) is 12.4 Å². The van der Waals surface area contributed by atoms with Crippen LogP contribution in [0.1, 0.15) is 33.6 Å². The average molecular weight is 484 g/mol. The lowest BCUT2D eigenvalue weighted by molar-refractivity contribution is -0.140. The molecule has 2 aromatic carbocycles. The molecule has 1 aromatic heterocycles. The summed E-state index contributed by atoms with van der Waals surface area (Å²) in [5.41, 5.74) is 3.96. The normalized spacial score (nSPS) is 15.3. The summed E-state index contributed by atoms with van der Waals surface area (Å²) >= 11 is 0. The van der Waals surface area contributed by atoms with Gasteiger partial charge in [0, 0.05) is 5.39 Å². The van der Waals surface area contributed by atoms with Gasteiger partial charge in [0.1, 0.15) is 6.54 Å². The number of esters is 1. The van der Waals surface area contributed by atoms with Crippen LogP contribution < -0.4 is 14.8 Å². The number of halogens is 3. The lowest BCUT2D eigenvalue weighted by atomic mass is 10.0. The van der Waals surface area contributed by atoms with Crippen LogP contribution in [-0.2, 0) is 16.0 Å². The van der Waals surface area contributed by atoms with Crippen molar-refractivity contribution in [1.82, 2.24) is 10.3 Å². The van der Waals surface area contributed by atoms with Gasteiger partial charge in [-0.1, -0.05) is 24.3 Å². The molecule has 1 N–H and O–H groups in total. The van der Waals surface area contributed by atoms with E-state index in [1.165, 1.54) is 0 Å². The second-order valence-electron chi connectivity index (χ2n) is 8.08. The molecule has 0 saturated carbocycles. The van der Waals surface area contributed by atoms with Crippen molar-refractivity contribution in [2.75, 3.05) is 19.9 Å². The summed E-state index contributed by atoms with van der Waals surface area (Å²) in [4.78, 5) is 29.5. The standard InChI is InChI=1S/C25H19F3N2O5/c26-25(27,28)12-29-21(31)11-33-24(32)22-16-3-1-2-4-18(16)30-23-15(6-7-17(22)23)9-14-5-8-19-20(10-14)35-13-34-19/h1-5,8-10H,6-7,11-13H2,(H,29,31). The molecule has 0 bridgehead atoms. The highest BCUT2D eigenvalue weighted by Gasteiger charge is 2.30. The molecule has 0 spiro atoms. The third-order valence-electron chi connectivity index (χ3n) is 5.70. The average Bonchev–Trinajstić information content (AvgIpc) is 3.46. The third-order valence-corrected chi connectivity index (χ3v) is 5.70. The van der Waals surface area contributed by atoms with Crippen molar-refractivity contribution >= 4 is 34.4 Å². The number of ether oxygens (including phenoxy) is 3. The minimum absolute atomic E-state index is 0.172. The summed E-state index contributed by atoms with van der Waals surface area (Å²) in [6, 6.07) is 12.6. The second-order valence-corrected chi connectivity index (χ2v) is 8.08. The second kappa shape index (κ2) is 8.94. The predicted octanol–water partition coefficient (Wildman–Crippen LogP) is 4.29. The molecular formula is C25H19F3N2O5. The third kappa shape index (κ3) is 4.77. The molecule has 0 atom stereocenters. The van der Waals surface area contributed by atoms with Crippen molar-refractivity contribution in [2.24, 2.45) is 0 Å². The number of carbonyl (C=O) groups is 2. The van der Waals surface area contributed by atoms with Gasteiger partial charge in [-0.2, -0.15) is 13.2 Å². The lowest BCUT2D eigenvalue weighted by Gasteiger charge is -2.13. The fourth-order valence-corrected chi connectivity index (χ4v) is 4.17. The first-order chi connectivity index (χ1) is 16.8. The Morgan fingerprint density at radius 2 is 1.89 bits per heavy atom. The molecule has 1 amide bonds. The Kier molecular flexibility index (Phi) is 5.80. The van der Waals surface area contributed by atoms with E-state index in [1.807, 2.05) is 24.3 Å². The maximum Gasteiger partial charge on any atom is 0.405 e. The molecule has 3 aromatic rings. The van der Waals surface area contributed by atoms with E-state index in [9.17, 15) is 22.8 Å². The van der Waals surface area contributed by atoms with Crippen LogP contribution in [0.5, 0.6) is 11.5 Å². The zero-order valence-electron chi connectivity index (χ0n) is 18.3. The highest BCUT2D eigenvalue weighted by atomic mass is 19.4. The molecule has 0 saturated heterocycles. The largest absolute Gasteiger partial charge is 0.454 e. The molecule has 0 unspecified atom stereocenters. The number of hydrogen-bond acceptors (Lipinski definition) is 6. The Balaban J connectivity index is 1.44. The molecule has 5 rings (SSSR count). The van der Waals surface area contributed by atoms with Crippen LogP contribution in [0.4, 0.5) is 13.2 Å². The predicted molar refractivity (Wildman–Crippen MR) is 120 cm³/mol. The Morgan fingerprint density at radius 3 is 2.71 bits per heavy atom. The number of aromatic nitrogens is 1. The minimum atomic E-state index is -4.55. The number of benzene rings is 2. The van der Waals surface area contributed by atoms with E-state index in [4.69, 9.17) is 19.2 Å². The van der Waals surface area contributed by atoms with E-state index >= 15 is 0 Å². The van der Waals surface area contributed by atoms with Gasteiger partial charge in [-0.3, -0.25) is 4.79 Å². The Bertz CT molecular complexity index is 1370. The molecule has 0 radical (unpaired) electrons. The first-order valence-corrected chi connectivity index (χ1v) is 10.8. The van der Waals surface area contributed by atoms with E-state index in [2.05, 4.69) is 0 Å². The highest BCUT2D eigenvalue weighted by Crippen LogP contribution is 2.39. The maximum absolute atomic E-state index is 13.0. The van der Waals surface area contributed by atoms with Gasteiger partial charge in [0.05, 0.1) is 16.8 Å². The Labute approximate surface area is 197 Å². The first-order valence-electron chi connectivity index (χ1n) is 10.8. The maximum atomic E-state index is 13.0. The number of fused-ring (bicyclic) bond motifs is 3. The van der Waals surface area contributed by atoms with Gasteiger partial charge in [-0.25, -0.2) is 9.78 Å². The summed E-state index contributed by atoms with van der Waals surface area (Å²) in [5, 5.41) is 2.24. The number of hydrogen-bond donors (Lipinski definition) is 1. The number of alkyl halides is 3. The summed E-state index contributed by atoms with van der Waals surface area (Å²) in [6.07, 6.45) is -1.44. The number of amides is 1. The highest BCUT2D eigenvalue weighted by molar-refractivity contribution is 6.07. The van der Waals surface area contributed by atoms with Crippen LogP contribution in [0.15, 0.2) is 42.5 Å². The molecule has 10 heteroatoms. The number of pyridine rings is 1. The van der Waals surface area contributed by atoms with Gasteiger partial charge < -0.3 is 19.5 Å². The van der Waals surface area contributed by atoms with E-state index in [0.29, 0.717) is 46.5 Å². The first kappa shape index (κ1) is 22.7. The zero-order chi connectivity index (χ0) is 24.6. The van der Waals surface area contributed by atoms with Crippen molar-refractivity contribution in [3.63, 3.8) is 0 Å². The Morgan fingerprint density at radius 1 is 1.09 bits per heavy atom. The fourth-order valence-electron chi connectivity index (χ4n) is 4.17. The number of carbonyl (C=O) groups excluding carboxylic acids is 2. The summed E-state index contributed by atoms with van der Waals surface area (Å²) in [6.45, 7) is -2.14. The smallest absolute Gasteiger partial charge is 0.405 e. The van der Waals surface area contributed by atoms with Crippen LogP contribution in [0.2, 0.25) is 0 Å².